The van der Waals surface area contributed by atoms with Gasteiger partial charge in [-0.3, -0.25) is 16.8 Å². The van der Waals surface area contributed by atoms with Crippen LogP contribution in [-0.2, 0) is 20.8 Å². The Morgan fingerprint density at radius 1 is 0.667 bits per heavy atom. The molecule has 0 atom stereocenters. The Balaban J connectivity index is -0.0000000457. The molecule has 0 aliphatic heterocycles. The molecule has 0 aliphatic rings. The Labute approximate surface area is 98.9 Å². The summed E-state index contributed by atoms with van der Waals surface area (Å²) in [6.07, 6.45) is 0. The maximum Gasteiger partial charge on any atom is 3.00 e. The summed E-state index contributed by atoms with van der Waals surface area (Å²) in [6, 6.07) is 0. The molecule has 0 fully saturated rings. The third-order valence-corrected chi connectivity index (χ3v) is 0. The van der Waals surface area contributed by atoms with E-state index in [1.54, 1.807) is 0 Å². The monoisotopic (exact) mass is 375 g/mol. The molecule has 0 saturated carbocycles. The summed E-state index contributed by atoms with van der Waals surface area (Å²) in [7, 11) is -10.3. The minimum absolute atomic E-state index is 0. The summed E-state index contributed by atoms with van der Waals surface area (Å²) in [5.74, 6) is 0. The van der Waals surface area contributed by atoms with Crippen LogP contribution in [0.3, 0.4) is 0 Å². The first-order valence-corrected chi connectivity index (χ1v) is 4.00. The summed E-state index contributed by atoms with van der Waals surface area (Å²) in [4.78, 5) is 0. The molecule has 0 bridgehead atoms. The summed E-state index contributed by atoms with van der Waals surface area (Å²) in [6.45, 7) is 0. The molecule has 80 valence electrons. The van der Waals surface area contributed by atoms with Crippen molar-refractivity contribution in [2.75, 3.05) is 0 Å². The van der Waals surface area contributed by atoms with Crippen LogP contribution < -0.4 is 6.15 Å². The summed E-state index contributed by atoms with van der Waals surface area (Å²) in [5, 5.41) is 0. The van der Waals surface area contributed by atoms with Gasteiger partial charge in [0.2, 0.25) is 0 Å². The van der Waals surface area contributed by atoms with Gasteiger partial charge in [-0.25, -0.2) is 0 Å². The normalized spacial score (nSPS) is 9.67. The van der Waals surface area contributed by atoms with Crippen LogP contribution in [0, 0.1) is 37.7 Å². The van der Waals surface area contributed by atoms with Gasteiger partial charge in [0.1, 0.15) is 0 Å². The third-order valence-electron chi connectivity index (χ3n) is 0. The number of rotatable bonds is 0. The van der Waals surface area contributed by atoms with Gasteiger partial charge >= 0.3 is 37.7 Å². The Hall–Kier alpha value is 0.960. The smallest absolute Gasteiger partial charge is 0.759 e. The van der Waals surface area contributed by atoms with Gasteiger partial charge in [0, 0.05) is 20.8 Å². The largest absolute Gasteiger partial charge is 3.00 e. The molecule has 12 heavy (non-hydrogen) atoms. The molecule has 0 radical (unpaired) electrons. The van der Waals surface area contributed by atoms with E-state index in [4.69, 9.17) is 35.0 Å². The Morgan fingerprint density at radius 3 is 0.667 bits per heavy atom. The van der Waals surface area contributed by atoms with Crippen molar-refractivity contribution in [3.05, 3.63) is 0 Å². The van der Waals surface area contributed by atoms with Crippen molar-refractivity contribution in [2.24, 2.45) is 0 Å². The van der Waals surface area contributed by atoms with Gasteiger partial charge in [0.05, 0.1) is 0 Å². The third kappa shape index (κ3) is 1180. The molecule has 0 saturated heterocycles. The second-order valence-corrected chi connectivity index (χ2v) is 2.45. The molecule has 0 rings (SSSR count). The zero-order valence-corrected chi connectivity index (χ0v) is 8.95. The first kappa shape index (κ1) is 23.1. The molecule has 0 aromatic carbocycles. The molecule has 9 nitrogen and oxygen atoms in total. The van der Waals surface area contributed by atoms with Gasteiger partial charge in [0.25, 0.3) is 0 Å². The van der Waals surface area contributed by atoms with Gasteiger partial charge in [-0.15, -0.1) is 0 Å². The van der Waals surface area contributed by atoms with Crippen LogP contribution in [0.2, 0.25) is 0 Å². The van der Waals surface area contributed by atoms with Gasteiger partial charge in [-0.1, -0.05) is 0 Å². The topological polar surface area (TPSA) is 197 Å². The fourth-order valence-electron chi connectivity index (χ4n) is 0. The molecule has 0 aromatic rings. The van der Waals surface area contributed by atoms with E-state index in [0.29, 0.717) is 0 Å². The number of hydrogen-bond acceptors (Lipinski definition) is 8. The molecule has 0 unspecified atom stereocenters. The molecule has 0 amide bonds. The minimum Gasteiger partial charge on any atom is -0.759 e. The van der Waals surface area contributed by atoms with E-state index in [-0.39, 0.29) is 43.9 Å². The summed E-state index contributed by atoms with van der Waals surface area (Å²) >= 11 is 0. The fourth-order valence-corrected chi connectivity index (χ4v) is 0. The first-order chi connectivity index (χ1) is 4.00. The van der Waals surface area contributed by atoms with Crippen LogP contribution in [0.1, 0.15) is 0 Å². The van der Waals surface area contributed by atoms with Crippen LogP contribution in [0.15, 0.2) is 0 Å². The van der Waals surface area contributed by atoms with Gasteiger partial charge in [0.15, 0.2) is 0 Å². The molecule has 4 N–H and O–H groups in total. The van der Waals surface area contributed by atoms with Crippen LogP contribution >= 0.6 is 0 Å². The quantitative estimate of drug-likeness (QED) is 0.277. The van der Waals surface area contributed by atoms with Crippen LogP contribution in [0.4, 0.5) is 0 Å². The summed E-state index contributed by atoms with van der Waals surface area (Å²) in [5.41, 5.74) is 0. The molecular weight excluding hydrogens is 371 g/mol. The minimum atomic E-state index is -5.17. The average molecular weight is 375 g/mol. The molecule has 0 heterocycles. The zero-order valence-electron chi connectivity index (χ0n) is 5.38. The van der Waals surface area contributed by atoms with Crippen molar-refractivity contribution in [2.45, 2.75) is 0 Å². The van der Waals surface area contributed by atoms with E-state index < -0.39 is 20.8 Å². The SMILES string of the molecule is O=S(=O)([O-])[O-].O=S(=O)([O-])[O-].[Ho+3].[NH4+]. The van der Waals surface area contributed by atoms with Crippen LogP contribution in [0.5, 0.6) is 0 Å². The summed E-state index contributed by atoms with van der Waals surface area (Å²) < 4.78 is 68.2. The molecule has 12 heteroatoms. The second kappa shape index (κ2) is 8.55. The molecule has 0 spiro atoms. The van der Waals surface area contributed by atoms with Crippen LogP contribution in [-0.4, -0.2) is 35.0 Å². The van der Waals surface area contributed by atoms with E-state index in [1.807, 2.05) is 0 Å². The van der Waals surface area contributed by atoms with Crippen LogP contribution in [0.25, 0.3) is 0 Å². The predicted molar refractivity (Wildman–Crippen MR) is 26.9 cm³/mol. The standard InChI is InChI=1S/Ho.H3N.2H2O4S/c;;2*1-5(2,3)4/h;1H3;2*(H2,1,2,3,4)/q+3;;;/p-3. The zero-order chi connectivity index (χ0) is 9.00. The Morgan fingerprint density at radius 2 is 0.667 bits per heavy atom. The van der Waals surface area contributed by atoms with E-state index in [1.165, 1.54) is 0 Å². The fraction of sp³-hybridized carbons (Fsp3) is 0. The Kier molecular flexibility index (Phi) is 16.5. The second-order valence-electron chi connectivity index (χ2n) is 0.816. The maximum atomic E-state index is 8.52. The van der Waals surface area contributed by atoms with E-state index in [2.05, 4.69) is 0 Å². The molecule has 0 aromatic heterocycles. The molecular formula is H4HoNO8S2. The number of quaternary nitrogens is 1. The number of hydrogen-bond donors (Lipinski definition) is 1. The van der Waals surface area contributed by atoms with E-state index >= 15 is 0 Å². The van der Waals surface area contributed by atoms with Gasteiger partial charge in [-0.2, -0.15) is 0 Å². The average Bonchev–Trinajstić information content (AvgIpc) is 1.12. The Bertz CT molecular complexity index is 213. The maximum absolute atomic E-state index is 8.52. The van der Waals surface area contributed by atoms with Gasteiger partial charge in [-0.05, 0) is 0 Å². The molecule has 0 aliphatic carbocycles. The first-order valence-electron chi connectivity index (χ1n) is 1.33. The van der Waals surface area contributed by atoms with Crippen molar-refractivity contribution >= 4 is 20.8 Å². The van der Waals surface area contributed by atoms with Gasteiger partial charge < -0.3 is 24.4 Å². The van der Waals surface area contributed by atoms with Crippen molar-refractivity contribution < 1.29 is 72.8 Å². The van der Waals surface area contributed by atoms with Crippen molar-refractivity contribution in [3.63, 3.8) is 0 Å². The van der Waals surface area contributed by atoms with E-state index in [0.717, 1.165) is 0 Å². The van der Waals surface area contributed by atoms with Crippen molar-refractivity contribution in [1.29, 1.82) is 0 Å². The van der Waals surface area contributed by atoms with Crippen molar-refractivity contribution in [3.8, 4) is 0 Å². The predicted octanol–water partition coefficient (Wildman–Crippen LogP) is -2.30. The van der Waals surface area contributed by atoms with E-state index in [9.17, 15) is 0 Å². The van der Waals surface area contributed by atoms with Crippen molar-refractivity contribution in [1.82, 2.24) is 6.15 Å².